The zero-order chi connectivity index (χ0) is 26.2. The maximum Gasteiger partial charge on any atom is 0.329 e. The summed E-state index contributed by atoms with van der Waals surface area (Å²) >= 11 is 15.1. The number of hydrogen-bond donors (Lipinski definition) is 2. The molecule has 2 N–H and O–H groups in total. The predicted molar refractivity (Wildman–Crippen MR) is 137 cm³/mol. The molecule has 7 nitrogen and oxygen atoms in total. The van der Waals surface area contributed by atoms with Crippen molar-refractivity contribution in [2.24, 2.45) is 5.10 Å². The Morgan fingerprint density at radius 3 is 2.50 bits per heavy atom. The van der Waals surface area contributed by atoms with Crippen LogP contribution in [0.2, 0.25) is 10.0 Å². The van der Waals surface area contributed by atoms with Gasteiger partial charge in [-0.05, 0) is 70.9 Å². The summed E-state index contributed by atoms with van der Waals surface area (Å²) in [4.78, 5) is 24.0. The third kappa shape index (κ3) is 7.16. The Morgan fingerprint density at radius 1 is 1.03 bits per heavy atom. The van der Waals surface area contributed by atoms with Gasteiger partial charge in [0, 0.05) is 11.3 Å². The topological polar surface area (TPSA) is 89.0 Å². The van der Waals surface area contributed by atoms with Crippen molar-refractivity contribution in [3.05, 3.63) is 85.8 Å². The van der Waals surface area contributed by atoms with Crippen LogP contribution in [0.1, 0.15) is 18.1 Å². The third-order valence-corrected chi connectivity index (χ3v) is 5.75. The van der Waals surface area contributed by atoms with E-state index in [0.717, 1.165) is 6.07 Å². The molecule has 2 amide bonds. The lowest BCUT2D eigenvalue weighted by Crippen LogP contribution is -2.32. The number of carbonyl (C=O) groups is 2. The molecule has 0 aliphatic heterocycles. The fourth-order valence-electron chi connectivity index (χ4n) is 2.86. The summed E-state index contributed by atoms with van der Waals surface area (Å²) in [5.74, 6) is -2.59. The van der Waals surface area contributed by atoms with Crippen LogP contribution in [0, 0.1) is 11.6 Å². The molecule has 0 aromatic heterocycles. The van der Waals surface area contributed by atoms with Gasteiger partial charge in [-0.2, -0.15) is 5.10 Å². The molecule has 3 aromatic rings. The van der Waals surface area contributed by atoms with E-state index in [2.05, 4.69) is 31.8 Å². The number of nitrogens with one attached hydrogen (secondary N) is 2. The average molecular weight is 601 g/mol. The number of hydrogen-bond acceptors (Lipinski definition) is 5. The van der Waals surface area contributed by atoms with Gasteiger partial charge in [0.05, 0.1) is 27.3 Å². The molecule has 0 aliphatic rings. The van der Waals surface area contributed by atoms with Crippen LogP contribution in [0.3, 0.4) is 0 Å². The lowest BCUT2D eigenvalue weighted by Gasteiger charge is -2.15. The van der Waals surface area contributed by atoms with Gasteiger partial charge in [-0.15, -0.1) is 0 Å². The summed E-state index contributed by atoms with van der Waals surface area (Å²) in [6.45, 7) is 1.95. The Hall–Kier alpha value is -3.21. The van der Waals surface area contributed by atoms with Gasteiger partial charge in [0.1, 0.15) is 18.2 Å². The van der Waals surface area contributed by atoms with Crippen LogP contribution in [0.5, 0.6) is 11.5 Å². The third-order valence-electron chi connectivity index (χ3n) is 4.52. The molecule has 0 unspecified atom stereocenters. The molecule has 0 aliphatic carbocycles. The van der Waals surface area contributed by atoms with E-state index in [9.17, 15) is 18.4 Å². The van der Waals surface area contributed by atoms with Crippen LogP contribution in [-0.2, 0) is 16.2 Å². The van der Waals surface area contributed by atoms with Crippen LogP contribution in [0.4, 0.5) is 14.5 Å². The quantitative estimate of drug-likeness (QED) is 0.186. The number of carbonyl (C=O) groups excluding carboxylic acids is 2. The fraction of sp³-hybridized carbons (Fsp3) is 0.125. The van der Waals surface area contributed by atoms with E-state index in [0.29, 0.717) is 28.1 Å². The summed E-state index contributed by atoms with van der Waals surface area (Å²) in [7, 11) is 0. The largest absolute Gasteiger partial charge is 0.490 e. The maximum atomic E-state index is 14.1. The second-order valence-electron chi connectivity index (χ2n) is 7.03. The number of amides is 2. The molecule has 3 aromatic carbocycles. The molecule has 0 fully saturated rings. The first kappa shape index (κ1) is 27.4. The van der Waals surface area contributed by atoms with E-state index in [1.165, 1.54) is 30.5 Å². The first-order chi connectivity index (χ1) is 17.2. The highest BCUT2D eigenvalue weighted by Gasteiger charge is 2.16. The highest BCUT2D eigenvalue weighted by Crippen LogP contribution is 2.37. The van der Waals surface area contributed by atoms with Crippen molar-refractivity contribution in [2.75, 3.05) is 11.9 Å². The summed E-state index contributed by atoms with van der Waals surface area (Å²) in [5, 5.41) is 6.08. The molecule has 0 heterocycles. The summed E-state index contributed by atoms with van der Waals surface area (Å²) < 4.78 is 39.2. The second kappa shape index (κ2) is 12.7. The van der Waals surface area contributed by atoms with E-state index < -0.39 is 23.4 Å². The minimum Gasteiger partial charge on any atom is -0.490 e. The van der Waals surface area contributed by atoms with E-state index in [-0.39, 0.29) is 27.9 Å². The van der Waals surface area contributed by atoms with Crippen LogP contribution in [0.25, 0.3) is 0 Å². The van der Waals surface area contributed by atoms with Gasteiger partial charge >= 0.3 is 11.8 Å². The lowest BCUT2D eigenvalue weighted by atomic mass is 10.2. The molecule has 0 radical (unpaired) electrons. The van der Waals surface area contributed by atoms with Crippen molar-refractivity contribution >= 4 is 62.8 Å². The Labute approximate surface area is 223 Å². The lowest BCUT2D eigenvalue weighted by molar-refractivity contribution is -0.136. The Morgan fingerprint density at radius 2 is 1.81 bits per heavy atom. The minimum atomic E-state index is -1.06. The van der Waals surface area contributed by atoms with Gasteiger partial charge in [-0.25, -0.2) is 14.2 Å². The predicted octanol–water partition coefficient (Wildman–Crippen LogP) is 6.10. The van der Waals surface area contributed by atoms with Gasteiger partial charge < -0.3 is 14.8 Å². The molecule has 0 spiro atoms. The first-order valence-electron chi connectivity index (χ1n) is 10.3. The molecule has 0 saturated heterocycles. The Bertz CT molecular complexity index is 1300. The fourth-order valence-corrected chi connectivity index (χ4v) is 3.83. The molecular weight excluding hydrogens is 583 g/mol. The van der Waals surface area contributed by atoms with E-state index in [4.69, 9.17) is 32.7 Å². The standard InChI is InChI=1S/C24H18BrCl2F2N3O4/c1-2-35-21-9-13(8-16(25)22(21)36-12-15-17(26)4-3-5-19(15)28)11-30-32-24(34)23(33)31-14-6-7-20(29)18(27)10-14/h3-11H,2,12H2,1H3,(H,31,33)(H,32,34)/b30-11+. The molecule has 0 bridgehead atoms. The molecule has 0 atom stereocenters. The number of benzene rings is 3. The molecule has 12 heteroatoms. The Balaban J connectivity index is 1.68. The first-order valence-corrected chi connectivity index (χ1v) is 11.9. The number of hydrazone groups is 1. The molecule has 0 saturated carbocycles. The van der Waals surface area contributed by atoms with E-state index in [1.54, 1.807) is 25.1 Å². The van der Waals surface area contributed by atoms with E-state index >= 15 is 0 Å². The van der Waals surface area contributed by atoms with Crippen LogP contribution in [0.15, 0.2) is 58.1 Å². The molecule has 3 rings (SSSR count). The number of anilines is 1. The normalized spacial score (nSPS) is 10.8. The Kier molecular flexibility index (Phi) is 9.63. The van der Waals surface area contributed by atoms with Gasteiger partial charge in [0.25, 0.3) is 0 Å². The number of halogens is 5. The van der Waals surface area contributed by atoms with Crippen molar-refractivity contribution < 1.29 is 27.8 Å². The molecule has 188 valence electrons. The maximum absolute atomic E-state index is 14.1. The van der Waals surface area contributed by atoms with E-state index in [1.807, 2.05) is 0 Å². The minimum absolute atomic E-state index is 0.137. The monoisotopic (exact) mass is 599 g/mol. The van der Waals surface area contributed by atoms with Gasteiger partial charge in [-0.1, -0.05) is 29.3 Å². The molecule has 36 heavy (non-hydrogen) atoms. The van der Waals surface area contributed by atoms with Crippen molar-refractivity contribution in [2.45, 2.75) is 13.5 Å². The van der Waals surface area contributed by atoms with Crippen LogP contribution in [-0.4, -0.2) is 24.6 Å². The number of ether oxygens (including phenoxy) is 2. The second-order valence-corrected chi connectivity index (χ2v) is 8.70. The zero-order valence-electron chi connectivity index (χ0n) is 18.6. The highest BCUT2D eigenvalue weighted by atomic mass is 79.9. The van der Waals surface area contributed by atoms with Gasteiger partial charge in [0.15, 0.2) is 11.5 Å². The SMILES string of the molecule is CCOc1cc(/C=N/NC(=O)C(=O)Nc2ccc(F)c(Cl)c2)cc(Br)c1OCc1c(F)cccc1Cl. The number of rotatable bonds is 8. The van der Waals surface area contributed by atoms with Gasteiger partial charge in [0.2, 0.25) is 0 Å². The summed E-state index contributed by atoms with van der Waals surface area (Å²) in [6, 6.07) is 11.0. The summed E-state index contributed by atoms with van der Waals surface area (Å²) in [6.07, 6.45) is 1.28. The highest BCUT2D eigenvalue weighted by molar-refractivity contribution is 9.10. The zero-order valence-corrected chi connectivity index (χ0v) is 21.7. The smallest absolute Gasteiger partial charge is 0.329 e. The van der Waals surface area contributed by atoms with Crippen molar-refractivity contribution in [1.82, 2.24) is 5.43 Å². The van der Waals surface area contributed by atoms with Crippen molar-refractivity contribution in [3.8, 4) is 11.5 Å². The van der Waals surface area contributed by atoms with Gasteiger partial charge in [-0.3, -0.25) is 9.59 Å². The van der Waals surface area contributed by atoms with Crippen molar-refractivity contribution in [3.63, 3.8) is 0 Å². The van der Waals surface area contributed by atoms with Crippen LogP contribution < -0.4 is 20.2 Å². The molecular formula is C24H18BrCl2F2N3O4. The number of nitrogens with zero attached hydrogens (tertiary/aromatic N) is 1. The van der Waals surface area contributed by atoms with Crippen LogP contribution >= 0.6 is 39.1 Å². The average Bonchev–Trinajstić information content (AvgIpc) is 2.82. The van der Waals surface area contributed by atoms with Crippen molar-refractivity contribution in [1.29, 1.82) is 0 Å². The summed E-state index contributed by atoms with van der Waals surface area (Å²) in [5.41, 5.74) is 2.92.